The highest BCUT2D eigenvalue weighted by atomic mass is 19.1. The van der Waals surface area contributed by atoms with Crippen LogP contribution in [0.15, 0.2) is 18.2 Å². The molecule has 0 aliphatic carbocycles. The summed E-state index contributed by atoms with van der Waals surface area (Å²) in [6.07, 6.45) is 1.09. The quantitative estimate of drug-likeness (QED) is 0.755. The molecule has 0 amide bonds. The highest BCUT2D eigenvalue weighted by Crippen LogP contribution is 2.24. The molecule has 19 heavy (non-hydrogen) atoms. The third-order valence-electron chi connectivity index (χ3n) is 3.74. The Morgan fingerprint density at radius 1 is 1.26 bits per heavy atom. The number of halogens is 1. The standard InChI is InChI=1S/C16H27FN2/c1-6-9-18-11-14-10-15(17)7-8-16(14)19(5)13(4)12(2)3/h7-8,10,12-13,18H,6,9,11H2,1-5H3. The molecule has 2 nitrogen and oxygen atoms in total. The van der Waals surface area contributed by atoms with Crippen molar-refractivity contribution in [3.63, 3.8) is 0 Å². The van der Waals surface area contributed by atoms with Gasteiger partial charge < -0.3 is 10.2 Å². The Morgan fingerprint density at radius 2 is 1.95 bits per heavy atom. The van der Waals surface area contributed by atoms with E-state index in [-0.39, 0.29) is 5.82 Å². The average molecular weight is 266 g/mol. The molecule has 1 N–H and O–H groups in total. The van der Waals surface area contributed by atoms with Crippen molar-refractivity contribution in [2.24, 2.45) is 5.92 Å². The van der Waals surface area contributed by atoms with Crippen LogP contribution in [0.1, 0.15) is 39.7 Å². The Morgan fingerprint density at radius 3 is 2.53 bits per heavy atom. The van der Waals surface area contributed by atoms with E-state index in [1.54, 1.807) is 12.1 Å². The van der Waals surface area contributed by atoms with Crippen LogP contribution in [0, 0.1) is 11.7 Å². The zero-order valence-electron chi connectivity index (χ0n) is 12.8. The summed E-state index contributed by atoms with van der Waals surface area (Å²) in [4.78, 5) is 2.24. The summed E-state index contributed by atoms with van der Waals surface area (Å²) in [7, 11) is 2.08. The first-order valence-corrected chi connectivity index (χ1v) is 7.19. The van der Waals surface area contributed by atoms with Gasteiger partial charge >= 0.3 is 0 Å². The van der Waals surface area contributed by atoms with Gasteiger partial charge in [-0.05, 0) is 49.6 Å². The SMILES string of the molecule is CCCNCc1cc(F)ccc1N(C)C(C)C(C)C. The second-order valence-corrected chi connectivity index (χ2v) is 5.55. The summed E-state index contributed by atoms with van der Waals surface area (Å²) >= 11 is 0. The molecule has 0 heterocycles. The minimum absolute atomic E-state index is 0.164. The van der Waals surface area contributed by atoms with Crippen LogP contribution in [0.5, 0.6) is 0 Å². The molecule has 0 aliphatic heterocycles. The van der Waals surface area contributed by atoms with Crippen LogP contribution in [0.2, 0.25) is 0 Å². The Kier molecular flexibility index (Phi) is 6.29. The molecular formula is C16H27FN2. The summed E-state index contributed by atoms with van der Waals surface area (Å²) in [5.74, 6) is 0.397. The molecule has 0 spiro atoms. The fourth-order valence-electron chi connectivity index (χ4n) is 2.11. The van der Waals surface area contributed by atoms with Crippen LogP contribution < -0.4 is 10.2 Å². The van der Waals surface area contributed by atoms with Gasteiger partial charge in [-0.25, -0.2) is 4.39 Å². The number of hydrogen-bond acceptors (Lipinski definition) is 2. The maximum Gasteiger partial charge on any atom is 0.123 e. The fraction of sp³-hybridized carbons (Fsp3) is 0.625. The lowest BCUT2D eigenvalue weighted by Crippen LogP contribution is -2.34. The molecule has 0 bridgehead atoms. The molecule has 0 saturated heterocycles. The molecular weight excluding hydrogens is 239 g/mol. The van der Waals surface area contributed by atoms with Gasteiger partial charge in [-0.2, -0.15) is 0 Å². The summed E-state index contributed by atoms with van der Waals surface area (Å²) < 4.78 is 13.4. The van der Waals surface area contributed by atoms with Crippen molar-refractivity contribution >= 4 is 5.69 Å². The van der Waals surface area contributed by atoms with Gasteiger partial charge in [0, 0.05) is 25.3 Å². The Hall–Kier alpha value is -1.09. The zero-order valence-corrected chi connectivity index (χ0v) is 12.8. The van der Waals surface area contributed by atoms with Gasteiger partial charge in [0.25, 0.3) is 0 Å². The predicted molar refractivity (Wildman–Crippen MR) is 81.1 cm³/mol. The average Bonchev–Trinajstić information content (AvgIpc) is 2.37. The van der Waals surface area contributed by atoms with Crippen molar-refractivity contribution in [1.82, 2.24) is 5.32 Å². The van der Waals surface area contributed by atoms with Crippen LogP contribution >= 0.6 is 0 Å². The van der Waals surface area contributed by atoms with Gasteiger partial charge in [-0.1, -0.05) is 20.8 Å². The van der Waals surface area contributed by atoms with Gasteiger partial charge in [-0.15, -0.1) is 0 Å². The minimum Gasteiger partial charge on any atom is -0.371 e. The van der Waals surface area contributed by atoms with Crippen LogP contribution in [0.4, 0.5) is 10.1 Å². The minimum atomic E-state index is -0.164. The Bertz CT molecular complexity index is 390. The zero-order chi connectivity index (χ0) is 14.4. The molecule has 1 rings (SSSR count). The van der Waals surface area contributed by atoms with Crippen molar-refractivity contribution in [1.29, 1.82) is 0 Å². The highest BCUT2D eigenvalue weighted by Gasteiger charge is 2.16. The number of nitrogens with one attached hydrogen (secondary N) is 1. The summed E-state index contributed by atoms with van der Waals surface area (Å²) in [6.45, 7) is 10.4. The number of hydrogen-bond donors (Lipinski definition) is 1. The van der Waals surface area contributed by atoms with E-state index in [0.717, 1.165) is 30.8 Å². The van der Waals surface area contributed by atoms with Crippen LogP contribution in [-0.2, 0) is 6.54 Å². The van der Waals surface area contributed by atoms with Crippen molar-refractivity contribution in [2.45, 2.75) is 46.7 Å². The van der Waals surface area contributed by atoms with E-state index in [2.05, 4.69) is 45.0 Å². The van der Waals surface area contributed by atoms with E-state index < -0.39 is 0 Å². The summed E-state index contributed by atoms with van der Waals surface area (Å²) in [5.41, 5.74) is 2.15. The first kappa shape index (κ1) is 16.0. The number of anilines is 1. The van der Waals surface area contributed by atoms with Crippen molar-refractivity contribution < 1.29 is 4.39 Å². The second-order valence-electron chi connectivity index (χ2n) is 5.55. The number of nitrogens with zero attached hydrogens (tertiary/aromatic N) is 1. The van der Waals surface area contributed by atoms with E-state index in [4.69, 9.17) is 0 Å². The largest absolute Gasteiger partial charge is 0.371 e. The monoisotopic (exact) mass is 266 g/mol. The molecule has 0 fully saturated rings. The molecule has 0 aromatic heterocycles. The normalized spacial score (nSPS) is 12.8. The first-order valence-electron chi connectivity index (χ1n) is 7.19. The second kappa shape index (κ2) is 7.49. The summed E-state index contributed by atoms with van der Waals surface area (Å²) in [6, 6.07) is 5.50. The predicted octanol–water partition coefficient (Wildman–Crippen LogP) is 3.81. The van der Waals surface area contributed by atoms with Crippen molar-refractivity contribution in [3.8, 4) is 0 Å². The molecule has 1 atom stereocenters. The van der Waals surface area contributed by atoms with Gasteiger partial charge in [0.15, 0.2) is 0 Å². The molecule has 3 heteroatoms. The van der Waals surface area contributed by atoms with E-state index in [0.29, 0.717) is 12.0 Å². The molecule has 0 saturated carbocycles. The van der Waals surface area contributed by atoms with Crippen molar-refractivity contribution in [2.75, 3.05) is 18.5 Å². The third kappa shape index (κ3) is 4.50. The van der Waals surface area contributed by atoms with Crippen LogP contribution in [0.3, 0.4) is 0 Å². The molecule has 108 valence electrons. The molecule has 0 radical (unpaired) electrons. The lowest BCUT2D eigenvalue weighted by Gasteiger charge is -2.31. The van der Waals surface area contributed by atoms with E-state index in [9.17, 15) is 4.39 Å². The van der Waals surface area contributed by atoms with Crippen molar-refractivity contribution in [3.05, 3.63) is 29.6 Å². The first-order chi connectivity index (χ1) is 8.97. The lowest BCUT2D eigenvalue weighted by molar-refractivity contribution is 0.503. The summed E-state index contributed by atoms with van der Waals surface area (Å²) in [5, 5.41) is 3.35. The number of rotatable bonds is 7. The molecule has 1 unspecified atom stereocenters. The van der Waals surface area contributed by atoms with E-state index >= 15 is 0 Å². The van der Waals surface area contributed by atoms with Gasteiger partial charge in [0.05, 0.1) is 0 Å². The topological polar surface area (TPSA) is 15.3 Å². The Balaban J connectivity index is 2.92. The third-order valence-corrected chi connectivity index (χ3v) is 3.74. The van der Waals surface area contributed by atoms with Gasteiger partial charge in [0.1, 0.15) is 5.82 Å². The Labute approximate surface area is 117 Å². The van der Waals surface area contributed by atoms with Gasteiger partial charge in [0.2, 0.25) is 0 Å². The number of benzene rings is 1. The smallest absolute Gasteiger partial charge is 0.123 e. The fourth-order valence-corrected chi connectivity index (χ4v) is 2.11. The van der Waals surface area contributed by atoms with Crippen LogP contribution in [0.25, 0.3) is 0 Å². The van der Waals surface area contributed by atoms with Crippen LogP contribution in [-0.4, -0.2) is 19.6 Å². The lowest BCUT2D eigenvalue weighted by atomic mass is 10.0. The molecule has 0 aliphatic rings. The maximum absolute atomic E-state index is 13.4. The van der Waals surface area contributed by atoms with Gasteiger partial charge in [-0.3, -0.25) is 0 Å². The molecule has 1 aromatic carbocycles. The van der Waals surface area contributed by atoms with E-state index in [1.807, 2.05) is 6.07 Å². The van der Waals surface area contributed by atoms with E-state index in [1.165, 1.54) is 0 Å². The molecule has 1 aromatic rings. The maximum atomic E-state index is 13.4. The highest BCUT2D eigenvalue weighted by molar-refractivity contribution is 5.54.